The Morgan fingerprint density at radius 1 is 1.38 bits per heavy atom. The zero-order valence-corrected chi connectivity index (χ0v) is 10.6. The van der Waals surface area contributed by atoms with Gasteiger partial charge in [0.05, 0.1) is 6.54 Å². The second kappa shape index (κ2) is 5.54. The SMILES string of the molecule is CC(C)NCc1nnc(N2CCSCC2)o1. The molecule has 1 fully saturated rings. The predicted octanol–water partition coefficient (Wildman–Crippen LogP) is 1.12. The van der Waals surface area contributed by atoms with Crippen molar-refractivity contribution in [3.05, 3.63) is 5.89 Å². The second-order valence-corrected chi connectivity index (χ2v) is 5.34. The van der Waals surface area contributed by atoms with Crippen molar-refractivity contribution in [1.82, 2.24) is 15.5 Å². The molecule has 1 aliphatic heterocycles. The third-order valence-corrected chi connectivity index (χ3v) is 3.34. The van der Waals surface area contributed by atoms with E-state index in [1.165, 1.54) is 0 Å². The molecule has 6 heteroatoms. The molecule has 1 aromatic heterocycles. The van der Waals surface area contributed by atoms with Gasteiger partial charge in [0.25, 0.3) is 0 Å². The standard InChI is InChI=1S/C10H18N4OS/c1-8(2)11-7-9-12-13-10(15-9)14-3-5-16-6-4-14/h8,11H,3-7H2,1-2H3. The van der Waals surface area contributed by atoms with Crippen molar-refractivity contribution in [1.29, 1.82) is 0 Å². The highest BCUT2D eigenvalue weighted by Crippen LogP contribution is 2.17. The fourth-order valence-corrected chi connectivity index (χ4v) is 2.39. The number of thioether (sulfide) groups is 1. The Labute approximate surface area is 100.0 Å². The van der Waals surface area contributed by atoms with Crippen LogP contribution in [-0.2, 0) is 6.54 Å². The molecule has 0 aromatic carbocycles. The fourth-order valence-electron chi connectivity index (χ4n) is 1.49. The van der Waals surface area contributed by atoms with E-state index in [-0.39, 0.29) is 0 Å². The summed E-state index contributed by atoms with van der Waals surface area (Å²) in [6.07, 6.45) is 0. The van der Waals surface area contributed by atoms with Gasteiger partial charge < -0.3 is 14.6 Å². The van der Waals surface area contributed by atoms with Gasteiger partial charge in [-0.2, -0.15) is 11.8 Å². The van der Waals surface area contributed by atoms with Gasteiger partial charge in [-0.1, -0.05) is 18.9 Å². The van der Waals surface area contributed by atoms with Gasteiger partial charge in [-0.05, 0) is 0 Å². The predicted molar refractivity (Wildman–Crippen MR) is 65.8 cm³/mol. The van der Waals surface area contributed by atoms with Crippen LogP contribution in [0.1, 0.15) is 19.7 Å². The molecule has 90 valence electrons. The Hall–Kier alpha value is -0.750. The monoisotopic (exact) mass is 242 g/mol. The lowest BCUT2D eigenvalue weighted by Gasteiger charge is -2.23. The van der Waals surface area contributed by atoms with Crippen molar-refractivity contribution in [3.8, 4) is 0 Å². The molecule has 2 rings (SSSR count). The quantitative estimate of drug-likeness (QED) is 0.854. The van der Waals surface area contributed by atoms with E-state index in [2.05, 4.69) is 34.3 Å². The van der Waals surface area contributed by atoms with E-state index < -0.39 is 0 Å². The smallest absolute Gasteiger partial charge is 0.318 e. The molecule has 1 saturated heterocycles. The molecule has 1 aliphatic rings. The first-order valence-corrected chi connectivity index (χ1v) is 6.79. The Bertz CT molecular complexity index is 322. The molecule has 5 nitrogen and oxygen atoms in total. The van der Waals surface area contributed by atoms with Crippen LogP contribution in [0, 0.1) is 0 Å². The molecule has 2 heterocycles. The van der Waals surface area contributed by atoms with Gasteiger partial charge in [0.15, 0.2) is 0 Å². The number of nitrogens with one attached hydrogen (secondary N) is 1. The van der Waals surface area contributed by atoms with E-state index in [1.54, 1.807) is 0 Å². The summed E-state index contributed by atoms with van der Waals surface area (Å²) in [6.45, 7) is 6.85. The van der Waals surface area contributed by atoms with Crippen LogP contribution in [0.2, 0.25) is 0 Å². The Balaban J connectivity index is 1.90. The number of nitrogens with zero attached hydrogens (tertiary/aromatic N) is 3. The summed E-state index contributed by atoms with van der Waals surface area (Å²) in [5.41, 5.74) is 0. The van der Waals surface area contributed by atoms with E-state index in [9.17, 15) is 0 Å². The van der Waals surface area contributed by atoms with Crippen molar-refractivity contribution >= 4 is 17.8 Å². The van der Waals surface area contributed by atoms with Crippen molar-refractivity contribution in [2.75, 3.05) is 29.5 Å². The molecule has 0 atom stereocenters. The molecule has 0 unspecified atom stereocenters. The minimum atomic E-state index is 0.432. The van der Waals surface area contributed by atoms with Crippen LogP contribution in [0.4, 0.5) is 6.01 Å². The zero-order valence-electron chi connectivity index (χ0n) is 9.77. The van der Waals surface area contributed by atoms with Crippen molar-refractivity contribution in [2.24, 2.45) is 0 Å². The number of hydrogen-bond donors (Lipinski definition) is 1. The lowest BCUT2D eigenvalue weighted by Crippen LogP contribution is -2.32. The molecule has 0 saturated carbocycles. The maximum Gasteiger partial charge on any atom is 0.318 e. The van der Waals surface area contributed by atoms with E-state index >= 15 is 0 Å². The number of anilines is 1. The lowest BCUT2D eigenvalue weighted by atomic mass is 10.4. The molecular weight excluding hydrogens is 224 g/mol. The summed E-state index contributed by atoms with van der Waals surface area (Å²) in [5.74, 6) is 2.95. The van der Waals surface area contributed by atoms with Gasteiger partial charge in [0, 0.05) is 30.6 Å². The van der Waals surface area contributed by atoms with Crippen molar-refractivity contribution in [2.45, 2.75) is 26.4 Å². The van der Waals surface area contributed by atoms with Crippen molar-refractivity contribution < 1.29 is 4.42 Å². The first-order valence-electron chi connectivity index (χ1n) is 5.64. The molecule has 1 N–H and O–H groups in total. The summed E-state index contributed by atoms with van der Waals surface area (Å²) in [5, 5.41) is 11.4. The summed E-state index contributed by atoms with van der Waals surface area (Å²) < 4.78 is 5.61. The molecule has 16 heavy (non-hydrogen) atoms. The fraction of sp³-hybridized carbons (Fsp3) is 0.800. The Kier molecular flexibility index (Phi) is 4.06. The molecule has 0 bridgehead atoms. The van der Waals surface area contributed by atoms with Gasteiger partial charge >= 0.3 is 6.01 Å². The van der Waals surface area contributed by atoms with Gasteiger partial charge in [-0.3, -0.25) is 0 Å². The van der Waals surface area contributed by atoms with E-state index in [0.29, 0.717) is 24.5 Å². The third-order valence-electron chi connectivity index (χ3n) is 2.40. The van der Waals surface area contributed by atoms with E-state index in [4.69, 9.17) is 4.42 Å². The number of aromatic nitrogens is 2. The molecule has 0 radical (unpaired) electrons. The normalized spacial score (nSPS) is 17.1. The second-order valence-electron chi connectivity index (χ2n) is 4.11. The average Bonchev–Trinajstić information content (AvgIpc) is 2.76. The average molecular weight is 242 g/mol. The summed E-state index contributed by atoms with van der Waals surface area (Å²) in [6, 6.07) is 1.10. The maximum absolute atomic E-state index is 5.61. The third kappa shape index (κ3) is 3.12. The number of hydrogen-bond acceptors (Lipinski definition) is 6. The van der Waals surface area contributed by atoms with Crippen molar-refractivity contribution in [3.63, 3.8) is 0 Å². The highest BCUT2D eigenvalue weighted by Gasteiger charge is 2.17. The summed E-state index contributed by atoms with van der Waals surface area (Å²) >= 11 is 1.97. The molecule has 1 aromatic rings. The van der Waals surface area contributed by atoms with Crippen LogP contribution < -0.4 is 10.2 Å². The van der Waals surface area contributed by atoms with E-state index in [0.717, 1.165) is 24.6 Å². The van der Waals surface area contributed by atoms with Crippen LogP contribution in [0.5, 0.6) is 0 Å². The van der Waals surface area contributed by atoms with Gasteiger partial charge in [-0.25, -0.2) is 0 Å². The molecule has 0 amide bonds. The zero-order chi connectivity index (χ0) is 11.4. The minimum Gasteiger partial charge on any atom is -0.407 e. The molecular formula is C10H18N4OS. The van der Waals surface area contributed by atoms with Gasteiger partial charge in [-0.15, -0.1) is 5.10 Å². The van der Waals surface area contributed by atoms with Crippen LogP contribution in [-0.4, -0.2) is 40.8 Å². The lowest BCUT2D eigenvalue weighted by molar-refractivity contribution is 0.448. The topological polar surface area (TPSA) is 54.2 Å². The van der Waals surface area contributed by atoms with Crippen LogP contribution in [0.3, 0.4) is 0 Å². The first-order chi connectivity index (χ1) is 7.75. The maximum atomic E-state index is 5.61. The van der Waals surface area contributed by atoms with Crippen LogP contribution >= 0.6 is 11.8 Å². The molecule has 0 spiro atoms. The highest BCUT2D eigenvalue weighted by molar-refractivity contribution is 7.99. The Morgan fingerprint density at radius 2 is 2.12 bits per heavy atom. The minimum absolute atomic E-state index is 0.432. The summed E-state index contributed by atoms with van der Waals surface area (Å²) in [7, 11) is 0. The van der Waals surface area contributed by atoms with Crippen LogP contribution in [0.25, 0.3) is 0 Å². The van der Waals surface area contributed by atoms with Gasteiger partial charge in [0.2, 0.25) is 5.89 Å². The van der Waals surface area contributed by atoms with E-state index in [1.807, 2.05) is 11.8 Å². The summed E-state index contributed by atoms with van der Waals surface area (Å²) in [4.78, 5) is 2.16. The molecule has 0 aliphatic carbocycles. The highest BCUT2D eigenvalue weighted by atomic mass is 32.2. The number of rotatable bonds is 4. The van der Waals surface area contributed by atoms with Crippen LogP contribution in [0.15, 0.2) is 4.42 Å². The largest absolute Gasteiger partial charge is 0.407 e. The van der Waals surface area contributed by atoms with Gasteiger partial charge in [0.1, 0.15) is 0 Å². The first kappa shape index (κ1) is 11.7. The Morgan fingerprint density at radius 3 is 2.81 bits per heavy atom.